The van der Waals surface area contributed by atoms with Gasteiger partial charge in [0.25, 0.3) is 0 Å². The lowest BCUT2D eigenvalue weighted by Crippen LogP contribution is -2.73. The molecule has 1 aromatic carbocycles. The van der Waals surface area contributed by atoms with Gasteiger partial charge in [-0.3, -0.25) is 14.5 Å². The number of piperazine rings is 1. The summed E-state index contributed by atoms with van der Waals surface area (Å²) in [6, 6.07) is 3.29. The van der Waals surface area contributed by atoms with Gasteiger partial charge in [0.15, 0.2) is 0 Å². The van der Waals surface area contributed by atoms with Crippen molar-refractivity contribution in [3.05, 3.63) is 17.7 Å². The number of nitrogens with zero attached hydrogens (tertiary/aromatic N) is 2. The second-order valence-corrected chi connectivity index (χ2v) is 9.46. The molecule has 1 N–H and O–H groups in total. The fraction of sp³-hybridized carbons (Fsp3) is 0.680. The molecular weight excluding hydrogens is 422 g/mol. The van der Waals surface area contributed by atoms with Crippen LogP contribution in [0.1, 0.15) is 52.0 Å². The van der Waals surface area contributed by atoms with E-state index in [0.29, 0.717) is 68.6 Å². The standard InChI is InChI=1S/C25H39N3O5/c1-7-10-28-23(29)20(13-17(2)3)26-24(30)25(28)8-11-27(12-9-25)16-19-21(32-5)14-18(31-4)15-22(19)33-6/h14-15,17,20H,7-13,16H2,1-6H3,(H,26,30). The van der Waals surface area contributed by atoms with E-state index in [0.717, 1.165) is 12.0 Å². The van der Waals surface area contributed by atoms with Gasteiger partial charge in [-0.05, 0) is 31.6 Å². The lowest BCUT2D eigenvalue weighted by atomic mass is 9.80. The molecule has 1 aromatic rings. The molecule has 184 valence electrons. The summed E-state index contributed by atoms with van der Waals surface area (Å²) in [7, 11) is 4.89. The second-order valence-electron chi connectivity index (χ2n) is 9.46. The molecule has 1 unspecified atom stereocenters. The number of nitrogens with one attached hydrogen (secondary N) is 1. The van der Waals surface area contributed by atoms with Gasteiger partial charge >= 0.3 is 0 Å². The largest absolute Gasteiger partial charge is 0.496 e. The van der Waals surface area contributed by atoms with E-state index in [-0.39, 0.29) is 11.8 Å². The Morgan fingerprint density at radius 1 is 1.06 bits per heavy atom. The summed E-state index contributed by atoms with van der Waals surface area (Å²) in [5.74, 6) is 2.50. The molecule has 33 heavy (non-hydrogen) atoms. The van der Waals surface area contributed by atoms with Crippen LogP contribution in [0.15, 0.2) is 12.1 Å². The van der Waals surface area contributed by atoms with Crippen LogP contribution in [0.25, 0.3) is 0 Å². The highest BCUT2D eigenvalue weighted by atomic mass is 16.5. The second kappa shape index (κ2) is 10.6. The van der Waals surface area contributed by atoms with Gasteiger partial charge in [-0.25, -0.2) is 0 Å². The third-order valence-electron chi connectivity index (χ3n) is 6.85. The summed E-state index contributed by atoms with van der Waals surface area (Å²) in [4.78, 5) is 30.8. The van der Waals surface area contributed by atoms with E-state index < -0.39 is 11.6 Å². The van der Waals surface area contributed by atoms with Crippen LogP contribution in [0.5, 0.6) is 17.2 Å². The average Bonchev–Trinajstić information content (AvgIpc) is 2.81. The monoisotopic (exact) mass is 461 g/mol. The molecule has 0 bridgehead atoms. The van der Waals surface area contributed by atoms with Crippen LogP contribution in [0.2, 0.25) is 0 Å². The summed E-state index contributed by atoms with van der Waals surface area (Å²) in [6.45, 7) is 8.86. The van der Waals surface area contributed by atoms with Gasteiger partial charge in [-0.1, -0.05) is 20.8 Å². The Hall–Kier alpha value is -2.48. The van der Waals surface area contributed by atoms with Crippen molar-refractivity contribution in [2.75, 3.05) is 41.0 Å². The Kier molecular flexibility index (Phi) is 8.10. The summed E-state index contributed by atoms with van der Waals surface area (Å²) in [6.07, 6.45) is 2.72. The van der Waals surface area contributed by atoms with Crippen LogP contribution in [0.3, 0.4) is 0 Å². The van der Waals surface area contributed by atoms with E-state index in [1.807, 2.05) is 17.0 Å². The molecule has 2 fully saturated rings. The average molecular weight is 462 g/mol. The molecule has 1 atom stereocenters. The first kappa shape index (κ1) is 25.1. The Morgan fingerprint density at radius 2 is 1.67 bits per heavy atom. The zero-order valence-electron chi connectivity index (χ0n) is 20.9. The number of ether oxygens (including phenoxy) is 3. The smallest absolute Gasteiger partial charge is 0.246 e. The minimum absolute atomic E-state index is 0.000425. The highest BCUT2D eigenvalue weighted by Crippen LogP contribution is 2.38. The Bertz CT molecular complexity index is 823. The molecule has 1 spiro atoms. The fourth-order valence-electron chi connectivity index (χ4n) is 5.09. The molecule has 0 radical (unpaired) electrons. The molecule has 0 aromatic heterocycles. The lowest BCUT2D eigenvalue weighted by molar-refractivity contribution is -0.161. The van der Waals surface area contributed by atoms with Crippen LogP contribution in [0, 0.1) is 5.92 Å². The molecule has 0 saturated carbocycles. The number of carbonyl (C=O) groups is 2. The van der Waals surface area contributed by atoms with E-state index in [1.54, 1.807) is 21.3 Å². The van der Waals surface area contributed by atoms with Gasteiger partial charge in [0.1, 0.15) is 28.8 Å². The maximum Gasteiger partial charge on any atom is 0.246 e. The number of rotatable bonds is 9. The van der Waals surface area contributed by atoms with Gasteiger partial charge < -0.3 is 24.4 Å². The van der Waals surface area contributed by atoms with Crippen molar-refractivity contribution in [3.63, 3.8) is 0 Å². The van der Waals surface area contributed by atoms with Crippen molar-refractivity contribution in [2.45, 2.75) is 64.6 Å². The number of likely N-dealkylation sites (tertiary alicyclic amines) is 1. The highest BCUT2D eigenvalue weighted by molar-refractivity contribution is 6.00. The molecule has 8 heteroatoms. The molecule has 3 rings (SSSR count). The zero-order valence-corrected chi connectivity index (χ0v) is 20.9. The zero-order chi connectivity index (χ0) is 24.2. The van der Waals surface area contributed by atoms with Crippen molar-refractivity contribution in [3.8, 4) is 17.2 Å². The number of hydrogen-bond donors (Lipinski definition) is 1. The van der Waals surface area contributed by atoms with Crippen molar-refractivity contribution in [1.82, 2.24) is 15.1 Å². The number of amides is 2. The predicted molar refractivity (Wildman–Crippen MR) is 127 cm³/mol. The quantitative estimate of drug-likeness (QED) is 0.609. The van der Waals surface area contributed by atoms with E-state index in [4.69, 9.17) is 14.2 Å². The van der Waals surface area contributed by atoms with Crippen molar-refractivity contribution >= 4 is 11.8 Å². The van der Waals surface area contributed by atoms with Crippen LogP contribution in [0.4, 0.5) is 0 Å². The van der Waals surface area contributed by atoms with Gasteiger partial charge in [-0.15, -0.1) is 0 Å². The number of piperidine rings is 1. The first-order valence-corrected chi connectivity index (χ1v) is 11.9. The minimum atomic E-state index is -0.759. The van der Waals surface area contributed by atoms with Gasteiger partial charge in [-0.2, -0.15) is 0 Å². The van der Waals surface area contributed by atoms with Gasteiger partial charge in [0.2, 0.25) is 11.8 Å². The minimum Gasteiger partial charge on any atom is -0.496 e. The maximum absolute atomic E-state index is 13.4. The number of methoxy groups -OCH3 is 3. The summed E-state index contributed by atoms with van der Waals surface area (Å²) in [5, 5.41) is 3.06. The third kappa shape index (κ3) is 5.05. The molecule has 2 aliphatic heterocycles. The van der Waals surface area contributed by atoms with Crippen LogP contribution in [-0.4, -0.2) is 74.2 Å². The summed E-state index contributed by atoms with van der Waals surface area (Å²) < 4.78 is 16.6. The van der Waals surface area contributed by atoms with Crippen LogP contribution in [-0.2, 0) is 16.1 Å². The Balaban J connectivity index is 1.78. The first-order chi connectivity index (χ1) is 15.8. The van der Waals surface area contributed by atoms with Crippen LogP contribution < -0.4 is 19.5 Å². The fourth-order valence-corrected chi connectivity index (χ4v) is 5.09. The third-order valence-corrected chi connectivity index (χ3v) is 6.85. The summed E-state index contributed by atoms with van der Waals surface area (Å²) >= 11 is 0. The molecular formula is C25H39N3O5. The molecule has 2 heterocycles. The normalized spacial score (nSPS) is 20.8. The lowest BCUT2D eigenvalue weighted by Gasteiger charge is -2.52. The van der Waals surface area contributed by atoms with Crippen molar-refractivity contribution < 1.29 is 23.8 Å². The summed E-state index contributed by atoms with van der Waals surface area (Å²) in [5.41, 5.74) is 0.189. The van der Waals surface area contributed by atoms with E-state index in [2.05, 4.69) is 31.0 Å². The SMILES string of the molecule is CCCN1C(=O)C(CC(C)C)NC(=O)C12CCN(Cc1c(OC)cc(OC)cc1OC)CC2. The number of carbonyl (C=O) groups excluding carboxylic acids is 2. The van der Waals surface area contributed by atoms with E-state index >= 15 is 0 Å². The predicted octanol–water partition coefficient (Wildman–Crippen LogP) is 2.83. The van der Waals surface area contributed by atoms with E-state index in [1.165, 1.54) is 0 Å². The van der Waals surface area contributed by atoms with Crippen molar-refractivity contribution in [2.24, 2.45) is 5.92 Å². The Labute approximate surface area is 197 Å². The molecule has 2 aliphatic rings. The van der Waals surface area contributed by atoms with Gasteiger partial charge in [0.05, 0.1) is 26.9 Å². The maximum atomic E-state index is 13.4. The molecule has 8 nitrogen and oxygen atoms in total. The Morgan fingerprint density at radius 3 is 2.15 bits per heavy atom. The van der Waals surface area contributed by atoms with Crippen LogP contribution >= 0.6 is 0 Å². The highest BCUT2D eigenvalue weighted by Gasteiger charge is 2.53. The number of hydrogen-bond acceptors (Lipinski definition) is 6. The molecule has 0 aliphatic carbocycles. The number of benzene rings is 1. The van der Waals surface area contributed by atoms with E-state index in [9.17, 15) is 9.59 Å². The molecule has 2 saturated heterocycles. The van der Waals surface area contributed by atoms with Crippen molar-refractivity contribution in [1.29, 1.82) is 0 Å². The van der Waals surface area contributed by atoms with Gasteiger partial charge in [0, 0.05) is 38.3 Å². The molecule has 2 amide bonds. The topological polar surface area (TPSA) is 80.3 Å². The first-order valence-electron chi connectivity index (χ1n) is 11.9.